The fraction of sp³-hybridized carbons (Fsp3) is 0.900. The minimum absolute atomic E-state index is 0.0884. The summed E-state index contributed by atoms with van der Waals surface area (Å²) in [5.41, 5.74) is 0. The minimum Gasteiger partial charge on any atom is -0.379 e. The Hall–Kier alpha value is -0.770. The monoisotopic (exact) mass is 198 g/mol. The maximum absolute atomic E-state index is 11.8. The quantitative estimate of drug-likeness (QED) is 0.734. The van der Waals surface area contributed by atoms with Gasteiger partial charge in [-0.05, 0) is 26.2 Å². The van der Waals surface area contributed by atoms with E-state index in [2.05, 4.69) is 5.32 Å². The van der Waals surface area contributed by atoms with Gasteiger partial charge in [0.2, 0.25) is 0 Å². The highest BCUT2D eigenvalue weighted by Gasteiger charge is 2.32. The van der Waals surface area contributed by atoms with E-state index in [1.165, 1.54) is 12.8 Å². The second kappa shape index (κ2) is 4.17. The predicted molar refractivity (Wildman–Crippen MR) is 53.2 cm³/mol. The van der Waals surface area contributed by atoms with Gasteiger partial charge in [0, 0.05) is 19.2 Å². The number of rotatable bonds is 3. The molecule has 2 fully saturated rings. The lowest BCUT2D eigenvalue weighted by Gasteiger charge is -2.22. The molecule has 2 amide bonds. The van der Waals surface area contributed by atoms with Crippen LogP contribution in [-0.4, -0.2) is 42.8 Å². The zero-order chi connectivity index (χ0) is 9.97. The van der Waals surface area contributed by atoms with Gasteiger partial charge >= 0.3 is 6.03 Å². The molecule has 4 heteroatoms. The highest BCUT2D eigenvalue weighted by molar-refractivity contribution is 5.75. The largest absolute Gasteiger partial charge is 0.379 e. The van der Waals surface area contributed by atoms with Gasteiger partial charge < -0.3 is 15.0 Å². The topological polar surface area (TPSA) is 41.6 Å². The van der Waals surface area contributed by atoms with Gasteiger partial charge in [0.05, 0.1) is 12.6 Å². The summed E-state index contributed by atoms with van der Waals surface area (Å²) in [5.74, 6) is 0. The Bertz CT molecular complexity index is 210. The molecule has 1 aliphatic carbocycles. The summed E-state index contributed by atoms with van der Waals surface area (Å²) in [4.78, 5) is 13.7. The van der Waals surface area contributed by atoms with Crippen LogP contribution in [0.3, 0.4) is 0 Å². The Morgan fingerprint density at radius 1 is 1.50 bits per heavy atom. The van der Waals surface area contributed by atoms with Crippen molar-refractivity contribution in [2.24, 2.45) is 0 Å². The van der Waals surface area contributed by atoms with Crippen LogP contribution < -0.4 is 5.32 Å². The molecule has 0 radical (unpaired) electrons. The molecular formula is C10H18N2O2. The van der Waals surface area contributed by atoms with Crippen molar-refractivity contribution >= 4 is 6.03 Å². The lowest BCUT2D eigenvalue weighted by atomic mass is 10.3. The first-order valence-electron chi connectivity index (χ1n) is 5.46. The molecule has 0 spiro atoms. The number of ether oxygens (including phenoxy) is 1. The van der Waals surface area contributed by atoms with E-state index in [1.54, 1.807) is 0 Å². The number of urea groups is 1. The number of hydrogen-bond acceptors (Lipinski definition) is 2. The second-order valence-electron chi connectivity index (χ2n) is 4.03. The summed E-state index contributed by atoms with van der Waals surface area (Å²) >= 11 is 0. The first-order valence-corrected chi connectivity index (χ1v) is 5.46. The lowest BCUT2D eigenvalue weighted by molar-refractivity contribution is 0.177. The van der Waals surface area contributed by atoms with Crippen LogP contribution >= 0.6 is 0 Å². The van der Waals surface area contributed by atoms with Crippen molar-refractivity contribution < 1.29 is 9.53 Å². The Morgan fingerprint density at radius 2 is 2.29 bits per heavy atom. The van der Waals surface area contributed by atoms with Crippen LogP contribution in [0.25, 0.3) is 0 Å². The maximum Gasteiger partial charge on any atom is 0.317 e. The highest BCUT2D eigenvalue weighted by Crippen LogP contribution is 2.26. The molecule has 1 N–H and O–H groups in total. The Morgan fingerprint density at radius 3 is 2.79 bits per heavy atom. The fourth-order valence-corrected chi connectivity index (χ4v) is 1.86. The summed E-state index contributed by atoms with van der Waals surface area (Å²) < 4.78 is 5.21. The Balaban J connectivity index is 1.80. The zero-order valence-electron chi connectivity index (χ0n) is 8.66. The molecule has 80 valence electrons. The van der Waals surface area contributed by atoms with Gasteiger partial charge in [-0.2, -0.15) is 0 Å². The average Bonchev–Trinajstić information content (AvgIpc) is 2.86. The smallest absolute Gasteiger partial charge is 0.317 e. The van der Waals surface area contributed by atoms with Gasteiger partial charge in [-0.1, -0.05) is 0 Å². The fourth-order valence-electron chi connectivity index (χ4n) is 1.86. The van der Waals surface area contributed by atoms with Crippen molar-refractivity contribution in [2.45, 2.75) is 38.3 Å². The Kier molecular flexibility index (Phi) is 2.91. The van der Waals surface area contributed by atoms with Crippen molar-refractivity contribution in [3.8, 4) is 0 Å². The number of carbonyl (C=O) groups excluding carboxylic acids is 1. The molecule has 1 atom stereocenters. The molecule has 0 aromatic carbocycles. The second-order valence-corrected chi connectivity index (χ2v) is 4.03. The van der Waals surface area contributed by atoms with E-state index in [4.69, 9.17) is 4.74 Å². The molecule has 4 nitrogen and oxygen atoms in total. The van der Waals surface area contributed by atoms with Crippen molar-refractivity contribution in [3.05, 3.63) is 0 Å². The minimum atomic E-state index is 0.0884. The van der Waals surface area contributed by atoms with Gasteiger partial charge in [0.1, 0.15) is 0 Å². The molecule has 1 saturated carbocycles. The van der Waals surface area contributed by atoms with Crippen LogP contribution in [-0.2, 0) is 4.74 Å². The summed E-state index contributed by atoms with van der Waals surface area (Å²) in [6.07, 6.45) is 3.29. The van der Waals surface area contributed by atoms with Crippen molar-refractivity contribution in [2.75, 3.05) is 19.8 Å². The SMILES string of the molecule is CCN(C(=O)NC1CCOC1)C1CC1. The normalized spacial score (nSPS) is 26.2. The van der Waals surface area contributed by atoms with Crippen molar-refractivity contribution in [1.82, 2.24) is 10.2 Å². The van der Waals surface area contributed by atoms with E-state index in [0.717, 1.165) is 19.6 Å². The summed E-state index contributed by atoms with van der Waals surface area (Å²) in [7, 11) is 0. The van der Waals surface area contributed by atoms with Crippen molar-refractivity contribution in [1.29, 1.82) is 0 Å². The predicted octanol–water partition coefficient (Wildman–Crippen LogP) is 0.969. The molecule has 0 bridgehead atoms. The van der Waals surface area contributed by atoms with Crippen LogP contribution in [0.5, 0.6) is 0 Å². The summed E-state index contributed by atoms with van der Waals surface area (Å²) in [6.45, 7) is 4.29. The summed E-state index contributed by atoms with van der Waals surface area (Å²) in [6, 6.07) is 0.822. The maximum atomic E-state index is 11.8. The number of carbonyl (C=O) groups is 1. The van der Waals surface area contributed by atoms with E-state index < -0.39 is 0 Å². The van der Waals surface area contributed by atoms with E-state index in [1.807, 2.05) is 11.8 Å². The average molecular weight is 198 g/mol. The Labute approximate surface area is 84.6 Å². The van der Waals surface area contributed by atoms with Crippen LogP contribution in [0.15, 0.2) is 0 Å². The van der Waals surface area contributed by atoms with Gasteiger partial charge in [-0.3, -0.25) is 0 Å². The van der Waals surface area contributed by atoms with Crippen LogP contribution in [0, 0.1) is 0 Å². The van der Waals surface area contributed by atoms with Crippen LogP contribution in [0.1, 0.15) is 26.2 Å². The van der Waals surface area contributed by atoms with Gasteiger partial charge in [0.25, 0.3) is 0 Å². The molecule has 0 aromatic heterocycles. The van der Waals surface area contributed by atoms with Gasteiger partial charge in [-0.25, -0.2) is 4.79 Å². The third-order valence-corrected chi connectivity index (χ3v) is 2.85. The van der Waals surface area contributed by atoms with E-state index >= 15 is 0 Å². The molecule has 1 unspecified atom stereocenters. The van der Waals surface area contributed by atoms with Crippen molar-refractivity contribution in [3.63, 3.8) is 0 Å². The standard InChI is InChI=1S/C10H18N2O2/c1-2-12(9-3-4-9)10(13)11-8-5-6-14-7-8/h8-9H,2-7H2,1H3,(H,11,13). The number of hydrogen-bond donors (Lipinski definition) is 1. The third kappa shape index (κ3) is 2.18. The molecule has 2 rings (SSSR count). The molecule has 0 aromatic rings. The van der Waals surface area contributed by atoms with Crippen LogP contribution in [0.4, 0.5) is 4.79 Å². The number of nitrogens with zero attached hydrogens (tertiary/aromatic N) is 1. The zero-order valence-corrected chi connectivity index (χ0v) is 8.66. The van der Waals surface area contributed by atoms with E-state index in [9.17, 15) is 4.79 Å². The molecular weight excluding hydrogens is 180 g/mol. The van der Waals surface area contributed by atoms with Gasteiger partial charge in [0.15, 0.2) is 0 Å². The van der Waals surface area contributed by atoms with Crippen LogP contribution in [0.2, 0.25) is 0 Å². The molecule has 1 saturated heterocycles. The van der Waals surface area contributed by atoms with E-state index in [-0.39, 0.29) is 12.1 Å². The number of amides is 2. The molecule has 14 heavy (non-hydrogen) atoms. The highest BCUT2D eigenvalue weighted by atomic mass is 16.5. The summed E-state index contributed by atoms with van der Waals surface area (Å²) in [5, 5.41) is 3.01. The molecule has 2 aliphatic rings. The first-order chi connectivity index (χ1) is 6.81. The molecule has 1 heterocycles. The first kappa shape index (κ1) is 9.77. The molecule has 1 aliphatic heterocycles. The van der Waals surface area contributed by atoms with Gasteiger partial charge in [-0.15, -0.1) is 0 Å². The lowest BCUT2D eigenvalue weighted by Crippen LogP contribution is -2.46. The van der Waals surface area contributed by atoms with E-state index in [0.29, 0.717) is 12.6 Å². The third-order valence-electron chi connectivity index (χ3n) is 2.85. The number of nitrogens with one attached hydrogen (secondary N) is 1.